The molecule has 0 bridgehead atoms. The Hall–Kier alpha value is -3.29. The quantitative estimate of drug-likeness (QED) is 0.443. The Morgan fingerprint density at radius 2 is 2.00 bits per heavy atom. The number of hydrogen-bond acceptors (Lipinski definition) is 6. The van der Waals surface area contributed by atoms with Crippen molar-refractivity contribution in [3.8, 4) is 11.8 Å². The molecule has 7 nitrogen and oxygen atoms in total. The Bertz CT molecular complexity index is 1500. The second-order valence-corrected chi connectivity index (χ2v) is 10.2. The Balaban J connectivity index is 1.57. The lowest BCUT2D eigenvalue weighted by molar-refractivity contribution is -0.137. The Kier molecular flexibility index (Phi) is 6.78. The second-order valence-electron chi connectivity index (χ2n) is 9.76. The highest BCUT2D eigenvalue weighted by molar-refractivity contribution is 6.31. The van der Waals surface area contributed by atoms with Gasteiger partial charge in [-0.25, -0.2) is 4.98 Å². The number of piperazine rings is 1. The highest BCUT2D eigenvalue weighted by atomic mass is 35.5. The molecule has 2 aliphatic rings. The van der Waals surface area contributed by atoms with E-state index >= 15 is 0 Å². The summed E-state index contributed by atoms with van der Waals surface area (Å²) in [6.07, 6.45) is -3.19. The zero-order chi connectivity index (χ0) is 27.4. The number of fused-ring (bicyclic) bond motifs is 5. The maximum atomic E-state index is 13.6. The second kappa shape index (κ2) is 9.79. The van der Waals surface area contributed by atoms with Crippen molar-refractivity contribution in [2.45, 2.75) is 51.0 Å². The van der Waals surface area contributed by atoms with Crippen LogP contribution >= 0.6 is 11.6 Å². The normalized spacial score (nSPS) is 20.4. The number of ether oxygens (including phenoxy) is 1. The molecule has 1 fully saturated rings. The van der Waals surface area contributed by atoms with Crippen LogP contribution in [-0.4, -0.2) is 46.2 Å². The molecule has 3 atom stereocenters. The van der Waals surface area contributed by atoms with Crippen LogP contribution in [0, 0.1) is 11.3 Å². The minimum atomic E-state index is -4.54. The Labute approximate surface area is 223 Å². The van der Waals surface area contributed by atoms with E-state index in [0.717, 1.165) is 12.5 Å². The van der Waals surface area contributed by atoms with Crippen LogP contribution in [-0.2, 0) is 13.2 Å². The molecule has 0 amide bonds. The van der Waals surface area contributed by atoms with Gasteiger partial charge in [0.15, 0.2) is 0 Å². The molecule has 2 aliphatic heterocycles. The first-order chi connectivity index (χ1) is 18.1. The third-order valence-electron chi connectivity index (χ3n) is 7.67. The van der Waals surface area contributed by atoms with E-state index in [9.17, 15) is 23.2 Å². The number of rotatable bonds is 4. The average molecular weight is 546 g/mol. The fraction of sp³-hybridized carbons (Fsp3) is 0.444. The van der Waals surface area contributed by atoms with Crippen molar-refractivity contribution in [2.24, 2.45) is 7.05 Å². The highest BCUT2D eigenvalue weighted by Crippen LogP contribution is 2.42. The average Bonchev–Trinajstić information content (AvgIpc) is 2.90. The number of aryl methyl sites for hydroxylation is 1. The molecular weight excluding hydrogens is 519 g/mol. The van der Waals surface area contributed by atoms with Crippen molar-refractivity contribution < 1.29 is 17.9 Å². The Morgan fingerprint density at radius 3 is 2.66 bits per heavy atom. The maximum Gasteiger partial charge on any atom is 0.417 e. The number of halogens is 4. The van der Waals surface area contributed by atoms with Crippen molar-refractivity contribution >= 4 is 28.3 Å². The lowest BCUT2D eigenvalue weighted by Gasteiger charge is -2.51. The molecule has 3 aromatic rings. The van der Waals surface area contributed by atoms with E-state index in [4.69, 9.17) is 16.3 Å². The molecular formula is C27H27ClF3N5O2. The predicted molar refractivity (Wildman–Crippen MR) is 139 cm³/mol. The lowest BCUT2D eigenvalue weighted by atomic mass is 9.94. The summed E-state index contributed by atoms with van der Waals surface area (Å²) in [4.78, 5) is 22.1. The van der Waals surface area contributed by atoms with Gasteiger partial charge in [-0.3, -0.25) is 9.69 Å². The molecule has 11 heteroatoms. The van der Waals surface area contributed by atoms with Gasteiger partial charge in [0.25, 0.3) is 5.56 Å². The number of nitrogens with zero attached hydrogens (tertiary/aromatic N) is 5. The van der Waals surface area contributed by atoms with E-state index < -0.39 is 11.7 Å². The van der Waals surface area contributed by atoms with Gasteiger partial charge in [0.2, 0.25) is 5.75 Å². The van der Waals surface area contributed by atoms with Gasteiger partial charge in [-0.15, -0.1) is 0 Å². The van der Waals surface area contributed by atoms with Gasteiger partial charge < -0.3 is 14.2 Å². The molecule has 0 unspecified atom stereocenters. The molecule has 1 aromatic carbocycles. The van der Waals surface area contributed by atoms with Gasteiger partial charge >= 0.3 is 6.18 Å². The number of nitriles is 1. The summed E-state index contributed by atoms with van der Waals surface area (Å²) in [6, 6.07) is 9.08. The topological polar surface area (TPSA) is 74.4 Å². The van der Waals surface area contributed by atoms with Gasteiger partial charge in [0.1, 0.15) is 29.6 Å². The molecule has 0 saturated carbocycles. The van der Waals surface area contributed by atoms with Crippen LogP contribution in [0.2, 0.25) is 5.02 Å². The number of hydrogen-bond donors (Lipinski definition) is 0. The van der Waals surface area contributed by atoms with Crippen molar-refractivity contribution in [1.82, 2.24) is 14.5 Å². The monoisotopic (exact) mass is 545 g/mol. The standard InChI is InChI=1S/C27H27ClF3N5O2/c1-4-17-12-36-18(13-35(17)21(5-2)15-6-8-20(28)19(10-15)27(29,30)31)14-38-25-24(36)23-22(34(3)26(25)37)9-7-16(11-32)33-23/h6-10,17-18,21H,4-5,12-14H2,1-3H3/t17-,18+,21+/m1/s1. The first-order valence-corrected chi connectivity index (χ1v) is 12.9. The fourth-order valence-electron chi connectivity index (χ4n) is 5.77. The Morgan fingerprint density at radius 1 is 1.24 bits per heavy atom. The predicted octanol–water partition coefficient (Wildman–Crippen LogP) is 5.29. The fourth-order valence-corrected chi connectivity index (χ4v) is 5.99. The zero-order valence-electron chi connectivity index (χ0n) is 21.2. The molecule has 200 valence electrons. The number of aromatic nitrogens is 2. The molecule has 2 aromatic heterocycles. The van der Waals surface area contributed by atoms with E-state index in [1.807, 2.05) is 13.8 Å². The number of alkyl halides is 3. The number of pyridine rings is 2. The van der Waals surface area contributed by atoms with E-state index in [2.05, 4.69) is 20.9 Å². The molecule has 38 heavy (non-hydrogen) atoms. The van der Waals surface area contributed by atoms with Crippen molar-refractivity contribution in [2.75, 3.05) is 24.6 Å². The third kappa shape index (κ3) is 4.28. The SMILES string of the molecule is CC[C@@H]1CN2c3c(c(=O)n(C)c4ccc(C#N)nc34)OC[C@@H]2CN1[C@@H](CC)c1ccc(Cl)c(C(F)(F)F)c1. The first kappa shape index (κ1) is 26.3. The molecule has 0 N–H and O–H groups in total. The van der Waals surface area contributed by atoms with E-state index in [1.54, 1.807) is 25.2 Å². The van der Waals surface area contributed by atoms with Crippen LogP contribution in [0.25, 0.3) is 11.0 Å². The summed E-state index contributed by atoms with van der Waals surface area (Å²) >= 11 is 5.89. The van der Waals surface area contributed by atoms with Crippen LogP contribution in [0.3, 0.4) is 0 Å². The summed E-state index contributed by atoms with van der Waals surface area (Å²) in [7, 11) is 1.65. The van der Waals surface area contributed by atoms with Crippen molar-refractivity contribution in [3.05, 3.63) is 62.5 Å². The molecule has 0 spiro atoms. The minimum absolute atomic E-state index is 0.00887. The summed E-state index contributed by atoms with van der Waals surface area (Å²) in [5, 5.41) is 9.13. The van der Waals surface area contributed by atoms with Crippen molar-refractivity contribution in [3.63, 3.8) is 0 Å². The van der Waals surface area contributed by atoms with E-state index in [1.165, 1.54) is 10.6 Å². The number of benzene rings is 1. The molecule has 5 rings (SSSR count). The minimum Gasteiger partial charge on any atom is -0.484 e. The third-order valence-corrected chi connectivity index (χ3v) is 8.00. The van der Waals surface area contributed by atoms with Gasteiger partial charge in [-0.2, -0.15) is 18.4 Å². The summed E-state index contributed by atoms with van der Waals surface area (Å²) in [6.45, 7) is 5.32. The number of anilines is 1. The van der Waals surface area contributed by atoms with Crippen LogP contribution in [0.4, 0.5) is 18.9 Å². The molecule has 0 aliphatic carbocycles. The summed E-state index contributed by atoms with van der Waals surface area (Å²) in [5.74, 6) is 0.210. The van der Waals surface area contributed by atoms with Gasteiger partial charge in [-0.1, -0.05) is 31.5 Å². The van der Waals surface area contributed by atoms with Gasteiger partial charge in [-0.05, 0) is 42.7 Å². The molecule has 4 heterocycles. The van der Waals surface area contributed by atoms with Crippen LogP contribution < -0.4 is 15.2 Å². The lowest BCUT2D eigenvalue weighted by Crippen LogP contribution is -2.62. The molecule has 0 radical (unpaired) electrons. The summed E-state index contributed by atoms with van der Waals surface area (Å²) in [5.41, 5.74) is 1.38. The smallest absolute Gasteiger partial charge is 0.417 e. The highest BCUT2D eigenvalue weighted by Gasteiger charge is 2.42. The van der Waals surface area contributed by atoms with E-state index in [-0.39, 0.29) is 46.8 Å². The maximum absolute atomic E-state index is 13.6. The summed E-state index contributed by atoms with van der Waals surface area (Å²) < 4.78 is 48.3. The van der Waals surface area contributed by atoms with E-state index in [0.29, 0.717) is 41.8 Å². The van der Waals surface area contributed by atoms with Crippen LogP contribution in [0.5, 0.6) is 5.75 Å². The zero-order valence-corrected chi connectivity index (χ0v) is 22.0. The van der Waals surface area contributed by atoms with Gasteiger partial charge in [0, 0.05) is 32.2 Å². The largest absolute Gasteiger partial charge is 0.484 e. The molecule has 1 saturated heterocycles. The first-order valence-electron chi connectivity index (χ1n) is 12.5. The van der Waals surface area contributed by atoms with Crippen LogP contribution in [0.1, 0.15) is 49.6 Å². The van der Waals surface area contributed by atoms with Gasteiger partial charge in [0.05, 0.1) is 22.1 Å². The van der Waals surface area contributed by atoms with Crippen molar-refractivity contribution in [1.29, 1.82) is 5.26 Å². The van der Waals surface area contributed by atoms with Crippen LogP contribution in [0.15, 0.2) is 35.1 Å².